The summed E-state index contributed by atoms with van der Waals surface area (Å²) in [5, 5.41) is 11.3. The standard InChI is InChI=1S/C17H16ClN3O2/c1-10-6-12-9-19-21-16(12)8-15(10)20-17(22)11(2)23-14-5-3-4-13(18)7-14/h3-9,11H,1-2H3,(H,19,21)(H,20,22)/t11-/m1/s1. The Kier molecular flexibility index (Phi) is 4.21. The van der Waals surface area contributed by atoms with Gasteiger partial charge in [0, 0.05) is 16.1 Å². The van der Waals surface area contributed by atoms with Gasteiger partial charge in [-0.1, -0.05) is 17.7 Å². The second-order valence-electron chi connectivity index (χ2n) is 5.33. The molecule has 1 aromatic heterocycles. The fourth-order valence-electron chi connectivity index (χ4n) is 2.27. The van der Waals surface area contributed by atoms with E-state index in [0.717, 1.165) is 22.2 Å². The highest BCUT2D eigenvalue weighted by molar-refractivity contribution is 6.30. The van der Waals surface area contributed by atoms with Crippen LogP contribution in [-0.2, 0) is 4.79 Å². The molecule has 2 aromatic carbocycles. The summed E-state index contributed by atoms with van der Waals surface area (Å²) in [4.78, 5) is 12.3. The van der Waals surface area contributed by atoms with Gasteiger partial charge in [0.1, 0.15) is 5.75 Å². The number of fused-ring (bicyclic) bond motifs is 1. The second-order valence-corrected chi connectivity index (χ2v) is 5.77. The molecule has 0 saturated carbocycles. The number of hydrogen-bond donors (Lipinski definition) is 2. The van der Waals surface area contributed by atoms with Crippen molar-refractivity contribution in [1.29, 1.82) is 0 Å². The molecule has 1 heterocycles. The van der Waals surface area contributed by atoms with E-state index >= 15 is 0 Å². The maximum absolute atomic E-state index is 12.3. The van der Waals surface area contributed by atoms with E-state index in [2.05, 4.69) is 15.5 Å². The van der Waals surface area contributed by atoms with Gasteiger partial charge in [0.2, 0.25) is 0 Å². The van der Waals surface area contributed by atoms with Crippen LogP contribution in [0, 0.1) is 6.92 Å². The van der Waals surface area contributed by atoms with Crippen molar-refractivity contribution in [2.75, 3.05) is 5.32 Å². The van der Waals surface area contributed by atoms with Gasteiger partial charge in [-0.2, -0.15) is 5.10 Å². The molecule has 0 bridgehead atoms. The number of benzene rings is 2. The molecule has 1 amide bonds. The number of aromatic amines is 1. The minimum absolute atomic E-state index is 0.230. The number of amides is 1. The predicted octanol–water partition coefficient (Wildman–Crippen LogP) is 3.93. The number of rotatable bonds is 4. The molecule has 2 N–H and O–H groups in total. The van der Waals surface area contributed by atoms with Gasteiger partial charge in [-0.15, -0.1) is 0 Å². The molecular formula is C17H16ClN3O2. The van der Waals surface area contributed by atoms with Crippen molar-refractivity contribution in [1.82, 2.24) is 10.2 Å². The van der Waals surface area contributed by atoms with Crippen molar-refractivity contribution < 1.29 is 9.53 Å². The van der Waals surface area contributed by atoms with Crippen molar-refractivity contribution in [2.24, 2.45) is 0 Å². The number of nitrogens with zero attached hydrogens (tertiary/aromatic N) is 1. The van der Waals surface area contributed by atoms with E-state index in [0.29, 0.717) is 10.8 Å². The molecule has 6 heteroatoms. The van der Waals surface area contributed by atoms with Crippen molar-refractivity contribution in [3.8, 4) is 5.75 Å². The Bertz CT molecular complexity index is 860. The van der Waals surface area contributed by atoms with Crippen LogP contribution in [0.1, 0.15) is 12.5 Å². The molecule has 0 radical (unpaired) electrons. The first-order valence-electron chi connectivity index (χ1n) is 7.20. The molecule has 0 aliphatic carbocycles. The van der Waals surface area contributed by atoms with E-state index in [1.54, 1.807) is 37.4 Å². The number of ether oxygens (including phenoxy) is 1. The Morgan fingerprint density at radius 1 is 1.35 bits per heavy atom. The molecule has 3 rings (SSSR count). The second kappa shape index (κ2) is 6.30. The third-order valence-electron chi connectivity index (χ3n) is 3.52. The molecule has 0 aliphatic rings. The van der Waals surface area contributed by atoms with Crippen LogP contribution in [0.25, 0.3) is 10.9 Å². The lowest BCUT2D eigenvalue weighted by Crippen LogP contribution is -2.30. The van der Waals surface area contributed by atoms with Gasteiger partial charge in [0.05, 0.1) is 11.7 Å². The molecule has 118 valence electrons. The third kappa shape index (κ3) is 3.46. The highest BCUT2D eigenvalue weighted by Gasteiger charge is 2.16. The zero-order valence-corrected chi connectivity index (χ0v) is 13.5. The van der Waals surface area contributed by atoms with Crippen molar-refractivity contribution in [2.45, 2.75) is 20.0 Å². The molecule has 5 nitrogen and oxygen atoms in total. The third-order valence-corrected chi connectivity index (χ3v) is 3.76. The lowest BCUT2D eigenvalue weighted by atomic mass is 10.1. The topological polar surface area (TPSA) is 67.0 Å². The van der Waals surface area contributed by atoms with Crippen LogP contribution in [0.5, 0.6) is 5.75 Å². The van der Waals surface area contributed by atoms with Gasteiger partial charge < -0.3 is 10.1 Å². The first kappa shape index (κ1) is 15.4. The van der Waals surface area contributed by atoms with Gasteiger partial charge in [0.25, 0.3) is 5.91 Å². The van der Waals surface area contributed by atoms with E-state index in [1.807, 2.05) is 19.1 Å². The number of carbonyl (C=O) groups excluding carboxylic acids is 1. The number of hydrogen-bond acceptors (Lipinski definition) is 3. The van der Waals surface area contributed by atoms with Crippen LogP contribution in [0.3, 0.4) is 0 Å². The van der Waals surface area contributed by atoms with Crippen LogP contribution in [0.4, 0.5) is 5.69 Å². The van der Waals surface area contributed by atoms with Gasteiger partial charge in [-0.05, 0) is 49.7 Å². The minimum Gasteiger partial charge on any atom is -0.481 e. The summed E-state index contributed by atoms with van der Waals surface area (Å²) in [5.41, 5.74) is 2.56. The van der Waals surface area contributed by atoms with Gasteiger partial charge in [0.15, 0.2) is 6.10 Å². The summed E-state index contributed by atoms with van der Waals surface area (Å²) in [6, 6.07) is 10.8. The smallest absolute Gasteiger partial charge is 0.265 e. The fourth-order valence-corrected chi connectivity index (χ4v) is 2.45. The number of halogens is 1. The van der Waals surface area contributed by atoms with Crippen molar-refractivity contribution in [3.63, 3.8) is 0 Å². The fraction of sp³-hybridized carbons (Fsp3) is 0.176. The number of H-pyrrole nitrogens is 1. The number of aromatic nitrogens is 2. The molecule has 0 fully saturated rings. The van der Waals surface area contributed by atoms with Gasteiger partial charge in [-0.25, -0.2) is 0 Å². The van der Waals surface area contributed by atoms with Gasteiger partial charge in [-0.3, -0.25) is 9.89 Å². The van der Waals surface area contributed by atoms with Crippen molar-refractivity contribution in [3.05, 3.63) is 53.2 Å². The quantitative estimate of drug-likeness (QED) is 0.762. The highest BCUT2D eigenvalue weighted by atomic mass is 35.5. The molecule has 0 spiro atoms. The average Bonchev–Trinajstić information content (AvgIpc) is 2.94. The number of aryl methyl sites for hydroxylation is 1. The molecule has 0 aliphatic heterocycles. The van der Waals surface area contributed by atoms with E-state index in [9.17, 15) is 4.79 Å². The molecular weight excluding hydrogens is 314 g/mol. The minimum atomic E-state index is -0.648. The molecule has 1 atom stereocenters. The van der Waals surface area contributed by atoms with Crippen LogP contribution < -0.4 is 10.1 Å². The highest BCUT2D eigenvalue weighted by Crippen LogP contribution is 2.23. The summed E-state index contributed by atoms with van der Waals surface area (Å²) in [5.74, 6) is 0.327. The Morgan fingerprint density at radius 3 is 2.96 bits per heavy atom. The zero-order valence-electron chi connectivity index (χ0n) is 12.8. The number of anilines is 1. The summed E-state index contributed by atoms with van der Waals surface area (Å²) in [6.45, 7) is 3.63. The van der Waals surface area contributed by atoms with E-state index < -0.39 is 6.10 Å². The van der Waals surface area contributed by atoms with E-state index in [4.69, 9.17) is 16.3 Å². The molecule has 3 aromatic rings. The Balaban J connectivity index is 1.73. The van der Waals surface area contributed by atoms with Crippen LogP contribution in [-0.4, -0.2) is 22.2 Å². The predicted molar refractivity (Wildman–Crippen MR) is 91.0 cm³/mol. The van der Waals surface area contributed by atoms with Crippen LogP contribution >= 0.6 is 11.6 Å². The summed E-state index contributed by atoms with van der Waals surface area (Å²) >= 11 is 5.91. The molecule has 23 heavy (non-hydrogen) atoms. The maximum Gasteiger partial charge on any atom is 0.265 e. The number of nitrogens with one attached hydrogen (secondary N) is 2. The molecule has 0 saturated heterocycles. The Labute approximate surface area is 138 Å². The van der Waals surface area contributed by atoms with Crippen LogP contribution in [0.2, 0.25) is 5.02 Å². The average molecular weight is 330 g/mol. The first-order valence-corrected chi connectivity index (χ1v) is 7.57. The lowest BCUT2D eigenvalue weighted by molar-refractivity contribution is -0.122. The summed E-state index contributed by atoms with van der Waals surface area (Å²) < 4.78 is 5.62. The largest absolute Gasteiger partial charge is 0.481 e. The van der Waals surface area contributed by atoms with Crippen LogP contribution in [0.15, 0.2) is 42.6 Å². The van der Waals surface area contributed by atoms with E-state index in [-0.39, 0.29) is 5.91 Å². The maximum atomic E-state index is 12.3. The normalized spacial score (nSPS) is 12.1. The lowest BCUT2D eigenvalue weighted by Gasteiger charge is -2.16. The molecule has 0 unspecified atom stereocenters. The monoisotopic (exact) mass is 329 g/mol. The van der Waals surface area contributed by atoms with Crippen molar-refractivity contribution >= 4 is 34.1 Å². The zero-order chi connectivity index (χ0) is 16.4. The SMILES string of the molecule is Cc1cc2cn[nH]c2cc1NC(=O)[C@@H](C)Oc1cccc(Cl)c1. The Hall–Kier alpha value is -2.53. The number of carbonyl (C=O) groups is 1. The van der Waals surface area contributed by atoms with Gasteiger partial charge >= 0.3 is 0 Å². The summed E-state index contributed by atoms with van der Waals surface area (Å²) in [6.07, 6.45) is 1.10. The van der Waals surface area contributed by atoms with E-state index in [1.165, 1.54) is 0 Å². The Morgan fingerprint density at radius 2 is 2.17 bits per heavy atom. The first-order chi connectivity index (χ1) is 11.0. The summed E-state index contributed by atoms with van der Waals surface area (Å²) in [7, 11) is 0.